The van der Waals surface area contributed by atoms with Gasteiger partial charge in [0.05, 0.1) is 30.5 Å². The molecule has 45 heavy (non-hydrogen) atoms. The minimum absolute atomic E-state index is 0.0234. The van der Waals surface area contributed by atoms with E-state index in [-0.39, 0.29) is 25.0 Å². The Labute approximate surface area is 258 Å². The van der Waals surface area contributed by atoms with E-state index in [4.69, 9.17) is 18.9 Å². The summed E-state index contributed by atoms with van der Waals surface area (Å²) in [4.78, 5) is 32.3. The van der Waals surface area contributed by atoms with Gasteiger partial charge in [0.1, 0.15) is 23.0 Å². The first-order valence-corrected chi connectivity index (χ1v) is 14.1. The lowest BCUT2D eigenvalue weighted by molar-refractivity contribution is 0.0516. The number of aromatic nitrogens is 2. The second-order valence-corrected chi connectivity index (χ2v) is 9.39. The number of rotatable bonds is 12. The van der Waals surface area contributed by atoms with E-state index in [1.807, 2.05) is 0 Å². The molecule has 5 rings (SSSR count). The molecule has 0 spiro atoms. The van der Waals surface area contributed by atoms with Crippen molar-refractivity contribution in [3.8, 4) is 23.0 Å². The van der Waals surface area contributed by atoms with Crippen molar-refractivity contribution in [2.24, 2.45) is 0 Å². The van der Waals surface area contributed by atoms with Gasteiger partial charge in [-0.25, -0.2) is 19.0 Å². The summed E-state index contributed by atoms with van der Waals surface area (Å²) >= 11 is 0. The molecular formula is C34H29FN4O6. The fraction of sp³-hybridized carbons (Fsp3) is 0.118. The number of benzene rings is 4. The molecule has 0 saturated carbocycles. The number of nitrogens with one attached hydrogen (secondary N) is 2. The molecule has 5 aromatic rings. The van der Waals surface area contributed by atoms with Crippen LogP contribution in [0.2, 0.25) is 0 Å². The van der Waals surface area contributed by atoms with Crippen LogP contribution in [0.1, 0.15) is 34.6 Å². The monoisotopic (exact) mass is 608 g/mol. The van der Waals surface area contributed by atoms with Gasteiger partial charge in [-0.15, -0.1) is 0 Å². The Morgan fingerprint density at radius 1 is 0.667 bits per heavy atom. The summed E-state index contributed by atoms with van der Waals surface area (Å²) in [5.41, 5.74) is 2.00. The highest BCUT2D eigenvalue weighted by atomic mass is 19.1. The lowest BCUT2D eigenvalue weighted by Crippen LogP contribution is -2.04. The van der Waals surface area contributed by atoms with Crippen LogP contribution in [0, 0.1) is 5.82 Å². The number of anilines is 4. The molecule has 4 aromatic carbocycles. The van der Waals surface area contributed by atoms with Gasteiger partial charge < -0.3 is 29.6 Å². The maximum atomic E-state index is 14.6. The first-order chi connectivity index (χ1) is 21.9. The van der Waals surface area contributed by atoms with Gasteiger partial charge >= 0.3 is 11.9 Å². The van der Waals surface area contributed by atoms with Crippen LogP contribution in [-0.2, 0) is 9.47 Å². The number of carbonyl (C=O) groups is 2. The molecule has 228 valence electrons. The number of hydrogen-bond acceptors (Lipinski definition) is 10. The average molecular weight is 609 g/mol. The zero-order chi connectivity index (χ0) is 31.6. The second-order valence-electron chi connectivity index (χ2n) is 9.39. The highest BCUT2D eigenvalue weighted by Crippen LogP contribution is 2.28. The molecule has 2 N–H and O–H groups in total. The lowest BCUT2D eigenvalue weighted by Gasteiger charge is -2.11. The largest absolute Gasteiger partial charge is 0.462 e. The molecule has 11 heteroatoms. The van der Waals surface area contributed by atoms with Crippen molar-refractivity contribution in [2.45, 2.75) is 13.8 Å². The molecule has 0 aliphatic rings. The topological polar surface area (TPSA) is 121 Å². The SMILES string of the molecule is CCOC(=O)c1cccc(Oc2ccc(Nc3ncc(F)c(Nc4ccc(Oc5cccc(C(=O)OCC)c5)cc4)n3)cc2)c1. The summed E-state index contributed by atoms with van der Waals surface area (Å²) in [5, 5.41) is 5.99. The van der Waals surface area contributed by atoms with E-state index >= 15 is 0 Å². The minimum Gasteiger partial charge on any atom is -0.462 e. The summed E-state index contributed by atoms with van der Waals surface area (Å²) in [6, 6.07) is 27.2. The molecule has 0 aliphatic carbocycles. The van der Waals surface area contributed by atoms with Crippen LogP contribution < -0.4 is 20.1 Å². The Hall–Kier alpha value is -5.97. The van der Waals surface area contributed by atoms with Gasteiger partial charge in [0, 0.05) is 11.4 Å². The molecule has 0 fully saturated rings. The third-order valence-electron chi connectivity index (χ3n) is 6.13. The first-order valence-electron chi connectivity index (χ1n) is 14.1. The number of hydrogen-bond donors (Lipinski definition) is 2. The van der Waals surface area contributed by atoms with Crippen LogP contribution in [0.25, 0.3) is 0 Å². The van der Waals surface area contributed by atoms with E-state index in [1.54, 1.807) is 111 Å². The van der Waals surface area contributed by atoms with Crippen LogP contribution in [0.15, 0.2) is 103 Å². The number of halogens is 1. The molecule has 1 aromatic heterocycles. The Balaban J connectivity index is 1.20. The third-order valence-corrected chi connectivity index (χ3v) is 6.13. The van der Waals surface area contributed by atoms with Crippen molar-refractivity contribution in [3.05, 3.63) is 120 Å². The first kappa shape index (κ1) is 30.5. The number of carbonyl (C=O) groups excluding carboxylic acids is 2. The fourth-order valence-corrected chi connectivity index (χ4v) is 4.07. The van der Waals surface area contributed by atoms with E-state index < -0.39 is 17.8 Å². The molecule has 10 nitrogen and oxygen atoms in total. The number of esters is 2. The Morgan fingerprint density at radius 2 is 1.16 bits per heavy atom. The van der Waals surface area contributed by atoms with Gasteiger partial charge in [-0.05, 0) is 98.8 Å². The Bertz CT molecular complexity index is 1780. The van der Waals surface area contributed by atoms with Crippen LogP contribution in [0.4, 0.5) is 27.5 Å². The molecule has 0 saturated heterocycles. The summed E-state index contributed by atoms with van der Waals surface area (Å²) in [5.74, 6) is 0.699. The van der Waals surface area contributed by atoms with Crippen molar-refractivity contribution in [1.29, 1.82) is 0 Å². The molecule has 0 amide bonds. The molecule has 0 unspecified atom stereocenters. The Morgan fingerprint density at radius 3 is 1.64 bits per heavy atom. The smallest absolute Gasteiger partial charge is 0.338 e. The standard InChI is InChI=1S/C34H29FN4O6/c1-3-42-32(40)22-7-5-9-28(19-22)44-26-15-11-24(12-16-26)37-31-30(35)21-36-34(39-31)38-25-13-17-27(18-14-25)45-29-10-6-8-23(20-29)33(41)43-4-2/h5-21H,3-4H2,1-2H3,(H2,36,37,38,39). The van der Waals surface area contributed by atoms with Crippen LogP contribution >= 0.6 is 0 Å². The van der Waals surface area contributed by atoms with Gasteiger partial charge in [-0.3, -0.25) is 0 Å². The average Bonchev–Trinajstić information content (AvgIpc) is 3.05. The van der Waals surface area contributed by atoms with Crippen LogP contribution in [-0.4, -0.2) is 35.1 Å². The molecule has 0 bridgehead atoms. The summed E-state index contributed by atoms with van der Waals surface area (Å²) in [6.45, 7) is 4.06. The van der Waals surface area contributed by atoms with E-state index in [1.165, 1.54) is 0 Å². The van der Waals surface area contributed by atoms with Crippen molar-refractivity contribution in [2.75, 3.05) is 23.8 Å². The quantitative estimate of drug-likeness (QED) is 0.135. The van der Waals surface area contributed by atoms with Crippen molar-refractivity contribution >= 4 is 35.1 Å². The summed E-state index contributed by atoms with van der Waals surface area (Å²) < 4.78 is 36.4. The molecule has 0 aliphatic heterocycles. The maximum Gasteiger partial charge on any atom is 0.338 e. The zero-order valence-corrected chi connectivity index (χ0v) is 24.5. The highest BCUT2D eigenvalue weighted by molar-refractivity contribution is 5.90. The van der Waals surface area contributed by atoms with Gasteiger partial charge in [0.25, 0.3) is 0 Å². The van der Waals surface area contributed by atoms with Gasteiger partial charge in [0.15, 0.2) is 11.6 Å². The van der Waals surface area contributed by atoms with Crippen LogP contribution in [0.5, 0.6) is 23.0 Å². The fourth-order valence-electron chi connectivity index (χ4n) is 4.07. The second kappa shape index (κ2) is 14.5. The van der Waals surface area contributed by atoms with Crippen molar-refractivity contribution in [3.63, 3.8) is 0 Å². The normalized spacial score (nSPS) is 10.5. The van der Waals surface area contributed by atoms with Crippen molar-refractivity contribution in [1.82, 2.24) is 9.97 Å². The number of ether oxygens (including phenoxy) is 4. The predicted octanol–water partition coefficient (Wildman–Crippen LogP) is 8.04. The molecule has 0 atom stereocenters. The minimum atomic E-state index is -0.634. The maximum absolute atomic E-state index is 14.6. The zero-order valence-electron chi connectivity index (χ0n) is 24.5. The molecule has 0 radical (unpaired) electrons. The Kier molecular flexibility index (Phi) is 9.80. The summed E-state index contributed by atoms with van der Waals surface area (Å²) in [7, 11) is 0. The predicted molar refractivity (Wildman–Crippen MR) is 166 cm³/mol. The highest BCUT2D eigenvalue weighted by Gasteiger charge is 2.11. The molecular weight excluding hydrogens is 579 g/mol. The van der Waals surface area contributed by atoms with E-state index in [2.05, 4.69) is 20.6 Å². The lowest BCUT2D eigenvalue weighted by atomic mass is 10.2. The van der Waals surface area contributed by atoms with E-state index in [9.17, 15) is 14.0 Å². The van der Waals surface area contributed by atoms with Gasteiger partial charge in [-0.1, -0.05) is 12.1 Å². The van der Waals surface area contributed by atoms with Gasteiger partial charge in [0.2, 0.25) is 5.95 Å². The third kappa shape index (κ3) is 8.32. The van der Waals surface area contributed by atoms with Crippen LogP contribution in [0.3, 0.4) is 0 Å². The van der Waals surface area contributed by atoms with Gasteiger partial charge in [-0.2, -0.15) is 4.98 Å². The van der Waals surface area contributed by atoms with Crippen molar-refractivity contribution < 1.29 is 32.9 Å². The van der Waals surface area contributed by atoms with E-state index in [0.717, 1.165) is 6.20 Å². The molecule has 1 heterocycles. The number of nitrogens with zero attached hydrogens (tertiary/aromatic N) is 2. The van der Waals surface area contributed by atoms with E-state index in [0.29, 0.717) is 45.5 Å². The summed E-state index contributed by atoms with van der Waals surface area (Å²) in [6.07, 6.45) is 1.07.